The number of rotatable bonds is 7. The zero-order chi connectivity index (χ0) is 24.9. The molecule has 4 rings (SSSR count). The molecule has 1 fully saturated rings. The number of ether oxygens (including phenoxy) is 3. The molecule has 4 amide bonds. The summed E-state index contributed by atoms with van der Waals surface area (Å²) in [6, 6.07) is 17.8. The predicted molar refractivity (Wildman–Crippen MR) is 131 cm³/mol. The summed E-state index contributed by atoms with van der Waals surface area (Å²) in [4.78, 5) is 39.0. The number of anilines is 1. The van der Waals surface area contributed by atoms with Gasteiger partial charge in [0, 0.05) is 10.6 Å². The van der Waals surface area contributed by atoms with Gasteiger partial charge in [-0.2, -0.15) is 0 Å². The van der Waals surface area contributed by atoms with E-state index >= 15 is 0 Å². The van der Waals surface area contributed by atoms with Gasteiger partial charge in [0.25, 0.3) is 11.8 Å². The first-order valence-electron chi connectivity index (χ1n) is 10.5. The van der Waals surface area contributed by atoms with Crippen LogP contribution in [0.5, 0.6) is 17.2 Å². The molecule has 0 aromatic heterocycles. The first-order chi connectivity index (χ1) is 16.9. The molecule has 3 aromatic carbocycles. The number of barbiturate groups is 1. The van der Waals surface area contributed by atoms with E-state index in [0.717, 1.165) is 10.5 Å². The third-order valence-electron chi connectivity index (χ3n) is 5.27. The zero-order valence-corrected chi connectivity index (χ0v) is 19.7. The van der Waals surface area contributed by atoms with Crippen molar-refractivity contribution in [2.45, 2.75) is 6.61 Å². The second kappa shape index (κ2) is 10.3. The molecule has 1 N–H and O–H groups in total. The molecule has 0 saturated carbocycles. The maximum Gasteiger partial charge on any atom is 0.335 e. The standard InChI is InChI=1S/C26H21ClN2O6/c1-33-22-12-7-16(14-23(22)34-2)13-20-24(30)28-26(32)29(25(20)31)18-8-10-19(11-9-18)35-15-17-5-3-4-6-21(17)27/h3-14H,15H2,1-2H3,(H,28,30,32). The summed E-state index contributed by atoms with van der Waals surface area (Å²) < 4.78 is 16.2. The lowest BCUT2D eigenvalue weighted by molar-refractivity contribution is -0.122. The maximum absolute atomic E-state index is 13.1. The number of imide groups is 2. The van der Waals surface area contributed by atoms with Crippen LogP contribution in [0.1, 0.15) is 11.1 Å². The van der Waals surface area contributed by atoms with E-state index in [1.165, 1.54) is 20.3 Å². The number of nitrogens with one attached hydrogen (secondary N) is 1. The monoisotopic (exact) mass is 492 g/mol. The van der Waals surface area contributed by atoms with Crippen LogP contribution >= 0.6 is 11.6 Å². The van der Waals surface area contributed by atoms with Crippen LogP contribution in [0.3, 0.4) is 0 Å². The Balaban J connectivity index is 1.55. The van der Waals surface area contributed by atoms with E-state index in [-0.39, 0.29) is 17.9 Å². The Kier molecular flexibility index (Phi) is 7.03. The van der Waals surface area contributed by atoms with Crippen molar-refractivity contribution in [1.82, 2.24) is 5.32 Å². The average molecular weight is 493 g/mol. The van der Waals surface area contributed by atoms with Crippen molar-refractivity contribution in [3.8, 4) is 17.2 Å². The van der Waals surface area contributed by atoms with Gasteiger partial charge in [-0.05, 0) is 54.1 Å². The highest BCUT2D eigenvalue weighted by atomic mass is 35.5. The molecule has 35 heavy (non-hydrogen) atoms. The summed E-state index contributed by atoms with van der Waals surface area (Å²) in [5, 5.41) is 2.80. The number of methoxy groups -OCH3 is 2. The van der Waals surface area contributed by atoms with Crippen LogP contribution < -0.4 is 24.4 Å². The van der Waals surface area contributed by atoms with Crippen LogP contribution in [-0.4, -0.2) is 32.1 Å². The van der Waals surface area contributed by atoms with Gasteiger partial charge >= 0.3 is 6.03 Å². The highest BCUT2D eigenvalue weighted by Gasteiger charge is 2.36. The molecular weight excluding hydrogens is 472 g/mol. The molecule has 0 spiro atoms. The van der Waals surface area contributed by atoms with Gasteiger partial charge in [-0.25, -0.2) is 9.69 Å². The quantitative estimate of drug-likeness (QED) is 0.382. The minimum atomic E-state index is -0.839. The van der Waals surface area contributed by atoms with Crippen LogP contribution in [0.25, 0.3) is 6.08 Å². The van der Waals surface area contributed by atoms with Crippen molar-refractivity contribution in [2.75, 3.05) is 19.1 Å². The number of benzene rings is 3. The van der Waals surface area contributed by atoms with E-state index in [4.69, 9.17) is 25.8 Å². The Morgan fingerprint density at radius 2 is 1.63 bits per heavy atom. The van der Waals surface area contributed by atoms with Gasteiger partial charge in [-0.15, -0.1) is 0 Å². The van der Waals surface area contributed by atoms with Gasteiger partial charge in [-0.3, -0.25) is 14.9 Å². The molecule has 1 heterocycles. The van der Waals surface area contributed by atoms with Crippen molar-refractivity contribution in [2.24, 2.45) is 0 Å². The fourth-order valence-electron chi connectivity index (χ4n) is 3.47. The summed E-state index contributed by atoms with van der Waals surface area (Å²) in [7, 11) is 2.99. The number of carbonyl (C=O) groups excluding carboxylic acids is 3. The molecule has 3 aromatic rings. The molecule has 0 atom stereocenters. The second-order valence-electron chi connectivity index (χ2n) is 7.45. The Morgan fingerprint density at radius 1 is 0.914 bits per heavy atom. The summed E-state index contributed by atoms with van der Waals surface area (Å²) in [5.41, 5.74) is 1.44. The number of hydrogen-bond donors (Lipinski definition) is 1. The summed E-state index contributed by atoms with van der Waals surface area (Å²) in [6.07, 6.45) is 1.39. The number of hydrogen-bond acceptors (Lipinski definition) is 6. The summed E-state index contributed by atoms with van der Waals surface area (Å²) in [6.45, 7) is 0.259. The van der Waals surface area contributed by atoms with Crippen LogP contribution in [-0.2, 0) is 16.2 Å². The van der Waals surface area contributed by atoms with Crippen LogP contribution in [0.15, 0.2) is 72.3 Å². The minimum Gasteiger partial charge on any atom is -0.493 e. The van der Waals surface area contributed by atoms with E-state index in [9.17, 15) is 14.4 Å². The third kappa shape index (κ3) is 5.12. The molecule has 0 bridgehead atoms. The predicted octanol–water partition coefficient (Wildman–Crippen LogP) is 4.60. The van der Waals surface area contributed by atoms with Gasteiger partial charge in [-0.1, -0.05) is 35.9 Å². The van der Waals surface area contributed by atoms with Crippen molar-refractivity contribution >= 4 is 41.2 Å². The molecule has 0 aliphatic carbocycles. The largest absolute Gasteiger partial charge is 0.493 e. The van der Waals surface area contributed by atoms with Crippen molar-refractivity contribution in [3.05, 3.63) is 88.5 Å². The smallest absolute Gasteiger partial charge is 0.335 e. The van der Waals surface area contributed by atoms with Gasteiger partial charge in [0.1, 0.15) is 17.9 Å². The normalized spacial score (nSPS) is 14.7. The molecular formula is C26H21ClN2O6. The molecule has 8 nitrogen and oxygen atoms in total. The zero-order valence-electron chi connectivity index (χ0n) is 18.9. The molecule has 0 radical (unpaired) electrons. The molecule has 9 heteroatoms. The number of amides is 4. The van der Waals surface area contributed by atoms with E-state index in [0.29, 0.717) is 27.8 Å². The lowest BCUT2D eigenvalue weighted by Gasteiger charge is -2.26. The van der Waals surface area contributed by atoms with Gasteiger partial charge in [0.05, 0.1) is 19.9 Å². The lowest BCUT2D eigenvalue weighted by atomic mass is 10.1. The SMILES string of the molecule is COc1ccc(C=C2C(=O)NC(=O)N(c3ccc(OCc4ccccc4Cl)cc3)C2=O)cc1OC. The Labute approximate surface area is 206 Å². The van der Waals surface area contributed by atoms with Crippen molar-refractivity contribution in [1.29, 1.82) is 0 Å². The highest BCUT2D eigenvalue weighted by Crippen LogP contribution is 2.30. The van der Waals surface area contributed by atoms with Crippen LogP contribution in [0.4, 0.5) is 10.5 Å². The Hall–Kier alpha value is -4.30. The average Bonchev–Trinajstić information content (AvgIpc) is 2.86. The minimum absolute atomic E-state index is 0.198. The third-order valence-corrected chi connectivity index (χ3v) is 5.64. The maximum atomic E-state index is 13.1. The van der Waals surface area contributed by atoms with Crippen molar-refractivity contribution in [3.63, 3.8) is 0 Å². The van der Waals surface area contributed by atoms with E-state index in [2.05, 4.69) is 5.32 Å². The number of urea groups is 1. The van der Waals surface area contributed by atoms with Crippen LogP contribution in [0, 0.1) is 0 Å². The molecule has 1 aliphatic rings. The Bertz CT molecular complexity index is 1320. The first kappa shape index (κ1) is 23.8. The fraction of sp³-hybridized carbons (Fsp3) is 0.115. The number of nitrogens with zero attached hydrogens (tertiary/aromatic N) is 1. The Morgan fingerprint density at radius 3 is 2.31 bits per heavy atom. The summed E-state index contributed by atoms with van der Waals surface area (Å²) >= 11 is 6.15. The summed E-state index contributed by atoms with van der Waals surface area (Å²) in [5.74, 6) is -0.0757. The lowest BCUT2D eigenvalue weighted by Crippen LogP contribution is -2.54. The van der Waals surface area contributed by atoms with Gasteiger partial charge in [0.15, 0.2) is 11.5 Å². The second-order valence-corrected chi connectivity index (χ2v) is 7.85. The topological polar surface area (TPSA) is 94.2 Å². The molecule has 1 aliphatic heterocycles. The highest BCUT2D eigenvalue weighted by molar-refractivity contribution is 6.39. The van der Waals surface area contributed by atoms with Crippen LogP contribution in [0.2, 0.25) is 5.02 Å². The van der Waals surface area contributed by atoms with E-state index < -0.39 is 17.8 Å². The van der Waals surface area contributed by atoms with E-state index in [1.807, 2.05) is 18.2 Å². The van der Waals surface area contributed by atoms with Crippen molar-refractivity contribution < 1.29 is 28.6 Å². The molecule has 0 unspecified atom stereocenters. The van der Waals surface area contributed by atoms with Gasteiger partial charge in [0.2, 0.25) is 0 Å². The van der Waals surface area contributed by atoms with Gasteiger partial charge < -0.3 is 14.2 Å². The number of halogens is 1. The fourth-order valence-corrected chi connectivity index (χ4v) is 3.66. The van der Waals surface area contributed by atoms with E-state index in [1.54, 1.807) is 48.5 Å². The molecule has 178 valence electrons. The first-order valence-corrected chi connectivity index (χ1v) is 10.9. The molecule has 1 saturated heterocycles. The number of carbonyl (C=O) groups is 3.